The van der Waals surface area contributed by atoms with Crippen LogP contribution in [-0.4, -0.2) is 48.5 Å². The quantitative estimate of drug-likeness (QED) is 0.164. The van der Waals surface area contributed by atoms with E-state index in [2.05, 4.69) is 24.5 Å². The van der Waals surface area contributed by atoms with Crippen LogP contribution in [-0.2, 0) is 44.7 Å². The van der Waals surface area contributed by atoms with E-state index >= 15 is 0 Å². The molecule has 8 nitrogen and oxygen atoms in total. The number of carbonyl (C=O) groups excluding carboxylic acids is 4. The third-order valence-electron chi connectivity index (χ3n) is 7.76. The third-order valence-corrected chi connectivity index (χ3v) is 11.1. The molecule has 2 N–H and O–H groups in total. The molecule has 2 unspecified atom stereocenters. The zero-order valence-electron chi connectivity index (χ0n) is 25.7. The Bertz CT molecular complexity index is 1220. The van der Waals surface area contributed by atoms with Gasteiger partial charge >= 0.3 is 11.9 Å². The van der Waals surface area contributed by atoms with Crippen LogP contribution < -0.4 is 10.6 Å². The molecule has 0 spiro atoms. The van der Waals surface area contributed by atoms with Crippen molar-refractivity contribution < 1.29 is 28.7 Å². The van der Waals surface area contributed by atoms with Crippen LogP contribution in [0.15, 0.2) is 0 Å². The zero-order chi connectivity index (χ0) is 30.9. The molecule has 2 atom stereocenters. The number of hydrogen-bond donors (Lipinski definition) is 2. The standard InChI is InChI=1S/C32H44N2O6S3/c1-5-13-39-31(37)27-21-9-7-19(3)17-23(21)42-29(27)33-25(35)11-15-41-16-12-26(36)34-30-28(32(38)40-14-6-2)22-10-8-20(4)18-24(22)43-30/h19-20H,5-18H2,1-4H3,(H,33,35)(H,34,36). The molecule has 2 aromatic rings. The Labute approximate surface area is 267 Å². The number of carbonyl (C=O) groups is 4. The Kier molecular flexibility index (Phi) is 12.5. The van der Waals surface area contributed by atoms with Crippen molar-refractivity contribution in [3.8, 4) is 0 Å². The Hall–Kier alpha value is -2.37. The zero-order valence-corrected chi connectivity index (χ0v) is 28.2. The number of fused-ring (bicyclic) bond motifs is 2. The number of thioether (sulfide) groups is 1. The fourth-order valence-corrected chi connectivity index (χ4v) is 9.15. The van der Waals surface area contributed by atoms with E-state index < -0.39 is 0 Å². The smallest absolute Gasteiger partial charge is 0.341 e. The molecule has 0 aliphatic heterocycles. The van der Waals surface area contributed by atoms with Crippen molar-refractivity contribution >= 4 is 68.2 Å². The van der Waals surface area contributed by atoms with Crippen LogP contribution in [0.25, 0.3) is 0 Å². The van der Waals surface area contributed by atoms with E-state index in [9.17, 15) is 19.2 Å². The van der Waals surface area contributed by atoms with Crippen LogP contribution in [0.2, 0.25) is 0 Å². The van der Waals surface area contributed by atoms with Crippen molar-refractivity contribution in [2.45, 2.75) is 91.9 Å². The lowest BCUT2D eigenvalue weighted by Gasteiger charge is -2.18. The summed E-state index contributed by atoms with van der Waals surface area (Å²) >= 11 is 4.53. The number of ether oxygens (including phenoxy) is 2. The molecule has 2 aliphatic carbocycles. The minimum atomic E-state index is -0.354. The highest BCUT2D eigenvalue weighted by atomic mass is 32.2. The Balaban J connectivity index is 1.27. The van der Waals surface area contributed by atoms with Crippen molar-refractivity contribution in [3.05, 3.63) is 32.0 Å². The van der Waals surface area contributed by atoms with Crippen LogP contribution in [0, 0.1) is 11.8 Å². The van der Waals surface area contributed by atoms with Crippen molar-refractivity contribution in [2.75, 3.05) is 35.4 Å². The number of esters is 2. The van der Waals surface area contributed by atoms with Crippen molar-refractivity contribution in [2.24, 2.45) is 11.8 Å². The highest BCUT2D eigenvalue weighted by Crippen LogP contribution is 2.41. The summed E-state index contributed by atoms with van der Waals surface area (Å²) in [5.74, 6) is 1.20. The normalized spacial score (nSPS) is 17.5. The van der Waals surface area contributed by atoms with Gasteiger partial charge in [0.25, 0.3) is 0 Å². The van der Waals surface area contributed by atoms with Gasteiger partial charge in [-0.1, -0.05) is 27.7 Å². The molecule has 2 aromatic heterocycles. The first kappa shape index (κ1) is 33.5. The van der Waals surface area contributed by atoms with Gasteiger partial charge in [-0.15, -0.1) is 22.7 Å². The summed E-state index contributed by atoms with van der Waals surface area (Å²) in [4.78, 5) is 53.7. The number of nitrogens with one attached hydrogen (secondary N) is 2. The van der Waals surface area contributed by atoms with Gasteiger partial charge in [-0.2, -0.15) is 11.8 Å². The largest absolute Gasteiger partial charge is 0.462 e. The van der Waals surface area contributed by atoms with Gasteiger partial charge in [-0.25, -0.2) is 9.59 Å². The van der Waals surface area contributed by atoms with Crippen LogP contribution in [0.4, 0.5) is 10.0 Å². The maximum atomic E-state index is 12.9. The van der Waals surface area contributed by atoms with Crippen molar-refractivity contribution in [1.29, 1.82) is 0 Å². The fraction of sp³-hybridized carbons (Fsp3) is 0.625. The van der Waals surface area contributed by atoms with Crippen molar-refractivity contribution in [1.82, 2.24) is 0 Å². The number of rotatable bonds is 14. The number of thiophene rings is 2. The number of anilines is 2. The Morgan fingerprint density at radius 3 is 1.56 bits per heavy atom. The van der Waals surface area contributed by atoms with Crippen LogP contribution in [0.3, 0.4) is 0 Å². The Morgan fingerprint density at radius 1 is 0.744 bits per heavy atom. The second-order valence-electron chi connectivity index (χ2n) is 11.6. The van der Waals surface area contributed by atoms with Crippen LogP contribution in [0.1, 0.15) is 108 Å². The summed E-state index contributed by atoms with van der Waals surface area (Å²) in [6.07, 6.45) is 7.56. The van der Waals surface area contributed by atoms with Gasteiger partial charge in [-0.3, -0.25) is 9.59 Å². The predicted octanol–water partition coefficient (Wildman–Crippen LogP) is 7.28. The average Bonchev–Trinajstić information content (AvgIpc) is 3.50. The molecule has 43 heavy (non-hydrogen) atoms. The fourth-order valence-electron chi connectivity index (χ4n) is 5.45. The maximum absolute atomic E-state index is 12.9. The van der Waals surface area contributed by atoms with E-state index in [0.717, 1.165) is 62.5 Å². The van der Waals surface area contributed by atoms with E-state index in [-0.39, 0.29) is 36.6 Å². The highest BCUT2D eigenvalue weighted by Gasteiger charge is 2.30. The lowest BCUT2D eigenvalue weighted by atomic mass is 9.88. The molecule has 236 valence electrons. The van der Waals surface area contributed by atoms with E-state index in [0.29, 0.717) is 57.7 Å². The summed E-state index contributed by atoms with van der Waals surface area (Å²) in [6.45, 7) is 9.05. The SMILES string of the molecule is CCCOC(=O)c1c(NC(=O)CCSCCC(=O)Nc2sc3c(c2C(=O)OCCC)CCC(C)C3)sc2c1CCC(C)C2. The van der Waals surface area contributed by atoms with Crippen molar-refractivity contribution in [3.63, 3.8) is 0 Å². The second-order valence-corrected chi connectivity index (χ2v) is 15.0. The van der Waals surface area contributed by atoms with Crippen LogP contribution >= 0.6 is 34.4 Å². The van der Waals surface area contributed by atoms with Gasteiger partial charge in [0, 0.05) is 34.1 Å². The average molecular weight is 649 g/mol. The van der Waals surface area contributed by atoms with E-state index in [1.54, 1.807) is 0 Å². The molecule has 0 radical (unpaired) electrons. The molecule has 0 bridgehead atoms. The van der Waals surface area contributed by atoms with Gasteiger partial charge < -0.3 is 20.1 Å². The summed E-state index contributed by atoms with van der Waals surface area (Å²) in [7, 11) is 0. The Morgan fingerprint density at radius 2 is 1.16 bits per heavy atom. The van der Waals surface area contributed by atoms with Gasteiger partial charge in [0.2, 0.25) is 11.8 Å². The minimum absolute atomic E-state index is 0.151. The van der Waals surface area contributed by atoms with Crippen LogP contribution in [0.5, 0.6) is 0 Å². The highest BCUT2D eigenvalue weighted by molar-refractivity contribution is 7.99. The number of hydrogen-bond acceptors (Lipinski definition) is 9. The molecule has 0 saturated heterocycles. The minimum Gasteiger partial charge on any atom is -0.462 e. The molecular formula is C32H44N2O6S3. The van der Waals surface area contributed by atoms with E-state index in [1.165, 1.54) is 44.2 Å². The van der Waals surface area contributed by atoms with Gasteiger partial charge in [-0.05, 0) is 74.3 Å². The molecule has 4 rings (SSSR count). The summed E-state index contributed by atoms with van der Waals surface area (Å²) < 4.78 is 10.9. The third kappa shape index (κ3) is 8.85. The van der Waals surface area contributed by atoms with Gasteiger partial charge in [0.1, 0.15) is 10.0 Å². The molecule has 0 fully saturated rings. The molecule has 2 amide bonds. The number of amides is 2. The topological polar surface area (TPSA) is 111 Å². The molecule has 2 aliphatic rings. The molecule has 0 saturated carbocycles. The molecule has 0 aromatic carbocycles. The summed E-state index contributed by atoms with van der Waals surface area (Å²) in [5, 5.41) is 7.13. The second kappa shape index (κ2) is 16.1. The molecule has 2 heterocycles. The first-order valence-corrected chi connectivity index (χ1v) is 18.3. The first-order chi connectivity index (χ1) is 20.7. The monoisotopic (exact) mass is 648 g/mol. The lowest BCUT2D eigenvalue weighted by Crippen LogP contribution is -2.17. The predicted molar refractivity (Wildman–Crippen MR) is 176 cm³/mol. The first-order valence-electron chi connectivity index (χ1n) is 15.5. The lowest BCUT2D eigenvalue weighted by molar-refractivity contribution is -0.116. The maximum Gasteiger partial charge on any atom is 0.341 e. The van der Waals surface area contributed by atoms with E-state index in [4.69, 9.17) is 9.47 Å². The molecular weight excluding hydrogens is 605 g/mol. The van der Waals surface area contributed by atoms with Gasteiger partial charge in [0.15, 0.2) is 0 Å². The summed E-state index contributed by atoms with van der Waals surface area (Å²) in [6, 6.07) is 0. The molecule has 11 heteroatoms. The van der Waals surface area contributed by atoms with E-state index in [1.807, 2.05) is 13.8 Å². The summed E-state index contributed by atoms with van der Waals surface area (Å²) in [5.41, 5.74) is 3.12. The van der Waals surface area contributed by atoms with Gasteiger partial charge in [0.05, 0.1) is 24.3 Å².